The third-order valence-electron chi connectivity index (χ3n) is 3.69. The molecule has 1 heterocycles. The molecule has 0 saturated heterocycles. The van der Waals surface area contributed by atoms with Gasteiger partial charge in [0.15, 0.2) is 0 Å². The number of nitrogens with one attached hydrogen (secondary N) is 1. The van der Waals surface area contributed by atoms with Crippen LogP contribution in [0.1, 0.15) is 43.4 Å². The van der Waals surface area contributed by atoms with Crippen molar-refractivity contribution in [1.29, 1.82) is 0 Å². The predicted molar refractivity (Wildman–Crippen MR) is 77.8 cm³/mol. The van der Waals surface area contributed by atoms with Crippen molar-refractivity contribution in [2.24, 2.45) is 0 Å². The monoisotopic (exact) mass is 263 g/mol. The Kier molecular flexibility index (Phi) is 5.67. The molecule has 0 radical (unpaired) electrons. The van der Waals surface area contributed by atoms with E-state index in [2.05, 4.69) is 30.4 Å². The standard InChI is InChI=1S/C16H25NO2/c1-13(17-9-4-3-5-10-18-2)14-6-7-16-15(12-14)8-11-19-16/h6-7,12-13,17H,3-5,8-11H2,1-2H3. The second-order valence-corrected chi connectivity index (χ2v) is 5.19. The van der Waals surface area contributed by atoms with Gasteiger partial charge in [0.2, 0.25) is 0 Å². The topological polar surface area (TPSA) is 30.5 Å². The Bertz CT molecular complexity index is 392. The lowest BCUT2D eigenvalue weighted by Crippen LogP contribution is -2.20. The molecule has 1 aromatic carbocycles. The van der Waals surface area contributed by atoms with E-state index in [0.717, 1.165) is 38.3 Å². The minimum absolute atomic E-state index is 0.410. The summed E-state index contributed by atoms with van der Waals surface area (Å²) >= 11 is 0. The average Bonchev–Trinajstić information content (AvgIpc) is 2.89. The second kappa shape index (κ2) is 7.51. The normalized spacial score (nSPS) is 15.1. The Hall–Kier alpha value is -1.06. The lowest BCUT2D eigenvalue weighted by Gasteiger charge is -2.15. The van der Waals surface area contributed by atoms with Crippen molar-refractivity contribution in [2.45, 2.75) is 38.6 Å². The lowest BCUT2D eigenvalue weighted by atomic mass is 10.0. The molecule has 0 fully saturated rings. The van der Waals surface area contributed by atoms with Gasteiger partial charge in [-0.3, -0.25) is 0 Å². The van der Waals surface area contributed by atoms with Gasteiger partial charge in [0.1, 0.15) is 5.75 Å². The molecule has 3 nitrogen and oxygen atoms in total. The van der Waals surface area contributed by atoms with Crippen molar-refractivity contribution in [3.8, 4) is 5.75 Å². The Labute approximate surface area is 116 Å². The minimum Gasteiger partial charge on any atom is -0.493 e. The van der Waals surface area contributed by atoms with Crippen molar-refractivity contribution >= 4 is 0 Å². The summed E-state index contributed by atoms with van der Waals surface area (Å²) in [5, 5.41) is 3.59. The summed E-state index contributed by atoms with van der Waals surface area (Å²) in [6, 6.07) is 6.97. The highest BCUT2D eigenvalue weighted by Crippen LogP contribution is 2.28. The Morgan fingerprint density at radius 1 is 1.32 bits per heavy atom. The van der Waals surface area contributed by atoms with Crippen molar-refractivity contribution in [2.75, 3.05) is 26.9 Å². The average molecular weight is 263 g/mol. The number of rotatable bonds is 8. The summed E-state index contributed by atoms with van der Waals surface area (Å²) in [6.07, 6.45) is 4.64. The number of hydrogen-bond donors (Lipinski definition) is 1. The van der Waals surface area contributed by atoms with Gasteiger partial charge in [-0.05, 0) is 49.9 Å². The number of benzene rings is 1. The Morgan fingerprint density at radius 2 is 2.21 bits per heavy atom. The van der Waals surface area contributed by atoms with Gasteiger partial charge in [-0.25, -0.2) is 0 Å². The summed E-state index contributed by atoms with van der Waals surface area (Å²) in [5.74, 6) is 1.07. The van der Waals surface area contributed by atoms with Gasteiger partial charge < -0.3 is 14.8 Å². The predicted octanol–water partition coefficient (Wildman–Crippen LogP) is 3.09. The largest absolute Gasteiger partial charge is 0.493 e. The molecule has 1 aromatic rings. The first-order chi connectivity index (χ1) is 9.31. The molecule has 1 N–H and O–H groups in total. The van der Waals surface area contributed by atoms with Gasteiger partial charge in [0.25, 0.3) is 0 Å². The molecule has 19 heavy (non-hydrogen) atoms. The third-order valence-corrected chi connectivity index (χ3v) is 3.69. The van der Waals surface area contributed by atoms with E-state index >= 15 is 0 Å². The van der Waals surface area contributed by atoms with Crippen LogP contribution in [0.2, 0.25) is 0 Å². The molecule has 0 spiro atoms. The van der Waals surface area contributed by atoms with E-state index in [1.807, 2.05) is 0 Å². The maximum Gasteiger partial charge on any atom is 0.122 e. The summed E-state index contributed by atoms with van der Waals surface area (Å²) in [6.45, 7) is 5.01. The van der Waals surface area contributed by atoms with Gasteiger partial charge in [-0.1, -0.05) is 12.1 Å². The number of unbranched alkanes of at least 4 members (excludes halogenated alkanes) is 2. The second-order valence-electron chi connectivity index (χ2n) is 5.19. The van der Waals surface area contributed by atoms with Crippen molar-refractivity contribution in [3.05, 3.63) is 29.3 Å². The molecule has 0 saturated carbocycles. The molecule has 0 aromatic heterocycles. The van der Waals surface area contributed by atoms with E-state index in [1.165, 1.54) is 24.0 Å². The first-order valence-electron chi connectivity index (χ1n) is 7.29. The third kappa shape index (κ3) is 4.22. The zero-order valence-electron chi connectivity index (χ0n) is 12.1. The van der Waals surface area contributed by atoms with Gasteiger partial charge in [-0.15, -0.1) is 0 Å². The van der Waals surface area contributed by atoms with E-state index in [4.69, 9.17) is 9.47 Å². The first-order valence-corrected chi connectivity index (χ1v) is 7.29. The fourth-order valence-electron chi connectivity index (χ4n) is 2.46. The molecule has 1 atom stereocenters. The Balaban J connectivity index is 1.72. The quantitative estimate of drug-likeness (QED) is 0.731. The van der Waals surface area contributed by atoms with E-state index in [0.29, 0.717) is 6.04 Å². The molecule has 1 unspecified atom stereocenters. The molecule has 0 aliphatic carbocycles. The zero-order chi connectivity index (χ0) is 13.5. The van der Waals surface area contributed by atoms with Crippen LogP contribution in [0.3, 0.4) is 0 Å². The molecular formula is C16H25NO2. The maximum absolute atomic E-state index is 5.54. The minimum atomic E-state index is 0.410. The molecule has 106 valence electrons. The van der Waals surface area contributed by atoms with Crippen LogP contribution in [0.25, 0.3) is 0 Å². The maximum atomic E-state index is 5.54. The van der Waals surface area contributed by atoms with Crippen molar-refractivity contribution in [1.82, 2.24) is 5.32 Å². The van der Waals surface area contributed by atoms with Gasteiger partial charge >= 0.3 is 0 Å². The van der Waals surface area contributed by atoms with Crippen LogP contribution in [0.15, 0.2) is 18.2 Å². The lowest BCUT2D eigenvalue weighted by molar-refractivity contribution is 0.192. The highest BCUT2D eigenvalue weighted by Gasteiger charge is 2.14. The number of methoxy groups -OCH3 is 1. The highest BCUT2D eigenvalue weighted by molar-refractivity contribution is 5.40. The zero-order valence-corrected chi connectivity index (χ0v) is 12.1. The summed E-state index contributed by atoms with van der Waals surface area (Å²) in [7, 11) is 1.76. The number of ether oxygens (including phenoxy) is 2. The van der Waals surface area contributed by atoms with E-state index in [9.17, 15) is 0 Å². The molecule has 2 rings (SSSR count). The molecule has 1 aliphatic rings. The number of fused-ring (bicyclic) bond motifs is 1. The van der Waals surface area contributed by atoms with E-state index in [-0.39, 0.29) is 0 Å². The van der Waals surface area contributed by atoms with E-state index < -0.39 is 0 Å². The summed E-state index contributed by atoms with van der Waals surface area (Å²) in [4.78, 5) is 0. The van der Waals surface area contributed by atoms with Crippen LogP contribution in [0, 0.1) is 0 Å². The van der Waals surface area contributed by atoms with Crippen LogP contribution in [0.5, 0.6) is 5.75 Å². The van der Waals surface area contributed by atoms with Crippen molar-refractivity contribution in [3.63, 3.8) is 0 Å². The summed E-state index contributed by atoms with van der Waals surface area (Å²) in [5.41, 5.74) is 2.72. The van der Waals surface area contributed by atoms with Gasteiger partial charge in [0.05, 0.1) is 6.61 Å². The van der Waals surface area contributed by atoms with Crippen LogP contribution in [0.4, 0.5) is 0 Å². The first kappa shape index (κ1) is 14.4. The molecular weight excluding hydrogens is 238 g/mol. The van der Waals surface area contributed by atoms with Gasteiger partial charge in [0, 0.05) is 26.2 Å². The van der Waals surface area contributed by atoms with Crippen LogP contribution >= 0.6 is 0 Å². The van der Waals surface area contributed by atoms with Gasteiger partial charge in [-0.2, -0.15) is 0 Å². The van der Waals surface area contributed by atoms with E-state index in [1.54, 1.807) is 7.11 Å². The molecule has 1 aliphatic heterocycles. The SMILES string of the molecule is COCCCCCNC(C)c1ccc2c(c1)CCO2. The fraction of sp³-hybridized carbons (Fsp3) is 0.625. The molecule has 0 bridgehead atoms. The highest BCUT2D eigenvalue weighted by atomic mass is 16.5. The van der Waals surface area contributed by atoms with Crippen molar-refractivity contribution < 1.29 is 9.47 Å². The Morgan fingerprint density at radius 3 is 3.05 bits per heavy atom. The smallest absolute Gasteiger partial charge is 0.122 e. The van der Waals surface area contributed by atoms with Crippen LogP contribution < -0.4 is 10.1 Å². The summed E-state index contributed by atoms with van der Waals surface area (Å²) < 4.78 is 10.6. The van der Waals surface area contributed by atoms with Crippen LogP contribution in [-0.2, 0) is 11.2 Å². The molecule has 0 amide bonds. The number of hydrogen-bond acceptors (Lipinski definition) is 3. The fourth-order valence-corrected chi connectivity index (χ4v) is 2.46. The molecule has 3 heteroatoms. The van der Waals surface area contributed by atoms with Crippen LogP contribution in [-0.4, -0.2) is 26.9 Å².